The second-order valence-electron chi connectivity index (χ2n) is 5.17. The summed E-state index contributed by atoms with van der Waals surface area (Å²) in [5, 5.41) is 12.2. The normalized spacial score (nSPS) is 25.8. The summed E-state index contributed by atoms with van der Waals surface area (Å²) in [6.07, 6.45) is 4.38. The number of nitrogens with two attached hydrogens (primary N) is 1. The summed E-state index contributed by atoms with van der Waals surface area (Å²) in [7, 11) is 0. The zero-order chi connectivity index (χ0) is 15.2. The molecule has 1 aromatic heterocycles. The Bertz CT molecular complexity index is 670. The zero-order valence-electron chi connectivity index (χ0n) is 10.9. The lowest BCUT2D eigenvalue weighted by molar-refractivity contribution is -0.143. The fourth-order valence-corrected chi connectivity index (χ4v) is 2.94. The number of pyridine rings is 1. The molecule has 7 heteroatoms. The summed E-state index contributed by atoms with van der Waals surface area (Å²) < 4.78 is 14.4. The molecular weight excluding hydrogens is 297 g/mol. The molecule has 2 heterocycles. The molecule has 1 fully saturated rings. The number of allylic oxidation sites excluding steroid dienone is 1. The summed E-state index contributed by atoms with van der Waals surface area (Å²) in [4.78, 5) is 15.7. The van der Waals surface area contributed by atoms with E-state index in [0.717, 1.165) is 0 Å². The Morgan fingerprint density at radius 2 is 2.29 bits per heavy atom. The lowest BCUT2D eigenvalue weighted by atomic mass is 9.87. The Hall–Kier alpha value is -2.08. The number of carboxylic acid groups (broad SMARTS) is 1. The first-order chi connectivity index (χ1) is 9.98. The van der Waals surface area contributed by atoms with Crippen LogP contribution in [-0.4, -0.2) is 21.6 Å². The Balaban J connectivity index is 2.17. The molecule has 1 aliphatic heterocycles. The molecule has 0 radical (unpaired) electrons. The monoisotopic (exact) mass is 309 g/mol. The van der Waals surface area contributed by atoms with Gasteiger partial charge in [-0.1, -0.05) is 11.6 Å². The fourth-order valence-electron chi connectivity index (χ4n) is 2.58. The van der Waals surface area contributed by atoms with Crippen molar-refractivity contribution in [2.45, 2.75) is 18.4 Å². The van der Waals surface area contributed by atoms with Crippen LogP contribution in [0, 0.1) is 5.92 Å². The van der Waals surface area contributed by atoms with E-state index in [0.29, 0.717) is 18.4 Å². The molecule has 0 amide bonds. The zero-order valence-corrected chi connectivity index (χ0v) is 11.7. The predicted molar refractivity (Wildman–Crippen MR) is 75.6 cm³/mol. The van der Waals surface area contributed by atoms with Crippen LogP contribution in [0.5, 0.6) is 0 Å². The molecule has 5 nitrogen and oxygen atoms in total. The average molecular weight is 310 g/mol. The molecule has 3 rings (SSSR count). The fraction of sp³-hybridized carbons (Fsp3) is 0.286. The smallest absolute Gasteiger partial charge is 0.335 e. The number of hydrogen-bond acceptors (Lipinski definition) is 4. The van der Waals surface area contributed by atoms with Gasteiger partial charge in [0.15, 0.2) is 11.4 Å². The molecule has 110 valence electrons. The first kappa shape index (κ1) is 13.9. The van der Waals surface area contributed by atoms with E-state index in [4.69, 9.17) is 17.3 Å². The van der Waals surface area contributed by atoms with Crippen molar-refractivity contribution < 1.29 is 14.3 Å². The lowest BCUT2D eigenvalue weighted by Crippen LogP contribution is -2.56. The van der Waals surface area contributed by atoms with Crippen molar-refractivity contribution in [3.8, 4) is 0 Å². The number of aliphatic carboxylic acids is 1. The van der Waals surface area contributed by atoms with Crippen molar-refractivity contribution in [3.05, 3.63) is 46.6 Å². The van der Waals surface area contributed by atoms with E-state index in [1.807, 2.05) is 0 Å². The summed E-state index contributed by atoms with van der Waals surface area (Å²) in [5.41, 5.74) is 4.26. The van der Waals surface area contributed by atoms with E-state index < -0.39 is 17.3 Å². The Labute approximate surface area is 125 Å². The molecule has 0 spiro atoms. The number of rotatable bonds is 3. The highest BCUT2D eigenvalue weighted by molar-refractivity contribution is 6.34. The van der Waals surface area contributed by atoms with Crippen LogP contribution in [0.15, 0.2) is 41.1 Å². The van der Waals surface area contributed by atoms with Gasteiger partial charge in [0, 0.05) is 18.0 Å². The molecule has 1 aliphatic carbocycles. The highest BCUT2D eigenvalue weighted by Crippen LogP contribution is 2.49. The summed E-state index contributed by atoms with van der Waals surface area (Å²) >= 11 is 6.09. The maximum absolute atomic E-state index is 14.4. The number of carbonyl (C=O) groups is 1. The maximum atomic E-state index is 14.4. The van der Waals surface area contributed by atoms with Gasteiger partial charge in [0.2, 0.25) is 0 Å². The molecule has 0 bridgehead atoms. The molecule has 2 aliphatic rings. The number of nitrogens with zero attached hydrogens (tertiary/aromatic N) is 1. The minimum atomic E-state index is -1.56. The van der Waals surface area contributed by atoms with Crippen LogP contribution in [0.4, 0.5) is 4.39 Å². The van der Waals surface area contributed by atoms with Gasteiger partial charge < -0.3 is 16.2 Å². The molecule has 4 N–H and O–H groups in total. The Morgan fingerprint density at radius 1 is 1.57 bits per heavy atom. The van der Waals surface area contributed by atoms with E-state index in [9.17, 15) is 14.3 Å². The third-order valence-corrected chi connectivity index (χ3v) is 4.34. The van der Waals surface area contributed by atoms with Gasteiger partial charge in [-0.15, -0.1) is 0 Å². The molecule has 1 atom stereocenters. The maximum Gasteiger partial charge on any atom is 0.335 e. The molecule has 1 saturated carbocycles. The van der Waals surface area contributed by atoms with E-state index in [-0.39, 0.29) is 22.3 Å². The lowest BCUT2D eigenvalue weighted by Gasteiger charge is -2.36. The summed E-state index contributed by atoms with van der Waals surface area (Å²) in [5.74, 6) is -2.13. The van der Waals surface area contributed by atoms with E-state index in [1.54, 1.807) is 18.3 Å². The van der Waals surface area contributed by atoms with Gasteiger partial charge in [-0.05, 0) is 30.9 Å². The van der Waals surface area contributed by atoms with Crippen LogP contribution in [0.25, 0.3) is 5.70 Å². The van der Waals surface area contributed by atoms with Crippen molar-refractivity contribution in [2.24, 2.45) is 11.7 Å². The van der Waals surface area contributed by atoms with Crippen molar-refractivity contribution in [3.63, 3.8) is 0 Å². The Kier molecular flexibility index (Phi) is 3.13. The van der Waals surface area contributed by atoms with Crippen LogP contribution in [0.2, 0.25) is 0 Å². The van der Waals surface area contributed by atoms with Crippen LogP contribution in [0.3, 0.4) is 0 Å². The van der Waals surface area contributed by atoms with E-state index in [1.165, 1.54) is 6.20 Å². The number of hydrogen-bond donors (Lipinski definition) is 3. The van der Waals surface area contributed by atoms with Crippen molar-refractivity contribution >= 4 is 23.3 Å². The van der Waals surface area contributed by atoms with Gasteiger partial charge in [-0.2, -0.15) is 0 Å². The molecule has 1 aromatic rings. The summed E-state index contributed by atoms with van der Waals surface area (Å²) in [6, 6.07) is 3.26. The standard InChI is InChI=1S/C14H13ClFN3O2/c15-12-10(17)9(16)11(7-2-1-5-18-6-7)19-14(12,13(20)21)8-3-4-8/h1-2,5-6,8,19H,3-4,17H2,(H,20,21). The van der Waals surface area contributed by atoms with Crippen molar-refractivity contribution in [2.75, 3.05) is 0 Å². The van der Waals surface area contributed by atoms with Gasteiger partial charge in [0.05, 0.1) is 16.4 Å². The first-order valence-corrected chi connectivity index (χ1v) is 6.84. The third kappa shape index (κ3) is 1.98. The van der Waals surface area contributed by atoms with Gasteiger partial charge in [0.1, 0.15) is 0 Å². The largest absolute Gasteiger partial charge is 0.479 e. The van der Waals surface area contributed by atoms with Crippen molar-refractivity contribution in [1.82, 2.24) is 10.3 Å². The average Bonchev–Trinajstić information content (AvgIpc) is 3.31. The van der Waals surface area contributed by atoms with Crippen LogP contribution >= 0.6 is 11.6 Å². The summed E-state index contributed by atoms with van der Waals surface area (Å²) in [6.45, 7) is 0. The minimum Gasteiger partial charge on any atom is -0.479 e. The molecule has 21 heavy (non-hydrogen) atoms. The van der Waals surface area contributed by atoms with Gasteiger partial charge in [-0.25, -0.2) is 9.18 Å². The predicted octanol–water partition coefficient (Wildman–Crippen LogP) is 1.97. The molecule has 0 aromatic carbocycles. The molecule has 0 saturated heterocycles. The number of halogens is 2. The number of dihydropyridines is 1. The van der Waals surface area contributed by atoms with Crippen LogP contribution < -0.4 is 11.1 Å². The quantitative estimate of drug-likeness (QED) is 0.794. The van der Waals surface area contributed by atoms with Crippen molar-refractivity contribution in [1.29, 1.82) is 0 Å². The highest BCUT2D eigenvalue weighted by atomic mass is 35.5. The second-order valence-corrected chi connectivity index (χ2v) is 5.55. The minimum absolute atomic E-state index is 0.0132. The number of carboxylic acids is 1. The molecular formula is C14H13ClFN3O2. The molecule has 1 unspecified atom stereocenters. The van der Waals surface area contributed by atoms with Gasteiger partial charge in [-0.3, -0.25) is 4.98 Å². The topological polar surface area (TPSA) is 88.2 Å². The SMILES string of the molecule is NC1=C(Cl)C(C(=O)O)(C2CC2)NC(c2cccnc2)=C1F. The van der Waals surface area contributed by atoms with Gasteiger partial charge >= 0.3 is 5.97 Å². The number of nitrogens with one attached hydrogen (secondary N) is 1. The second kappa shape index (κ2) is 4.73. The van der Waals surface area contributed by atoms with E-state index in [2.05, 4.69) is 10.3 Å². The van der Waals surface area contributed by atoms with Gasteiger partial charge in [0.25, 0.3) is 0 Å². The number of aromatic nitrogens is 1. The van der Waals surface area contributed by atoms with Crippen LogP contribution in [0.1, 0.15) is 18.4 Å². The van der Waals surface area contributed by atoms with E-state index >= 15 is 0 Å². The highest BCUT2D eigenvalue weighted by Gasteiger charge is 2.57. The third-order valence-electron chi connectivity index (χ3n) is 3.84. The Morgan fingerprint density at radius 3 is 2.81 bits per heavy atom. The van der Waals surface area contributed by atoms with Crippen LogP contribution in [-0.2, 0) is 4.79 Å². The first-order valence-electron chi connectivity index (χ1n) is 6.46.